The van der Waals surface area contributed by atoms with Gasteiger partial charge in [-0.05, 0) is 53.5 Å². The van der Waals surface area contributed by atoms with Gasteiger partial charge in [-0.15, -0.1) is 0 Å². The van der Waals surface area contributed by atoms with Gasteiger partial charge in [-0.25, -0.2) is 0 Å². The van der Waals surface area contributed by atoms with Gasteiger partial charge in [0, 0.05) is 5.56 Å². The third kappa shape index (κ3) is 3.16. The summed E-state index contributed by atoms with van der Waals surface area (Å²) in [6.07, 6.45) is 0.749. The average molecular weight is 341 g/mol. The summed E-state index contributed by atoms with van der Waals surface area (Å²) < 4.78 is 16.7. The molecule has 0 aliphatic heterocycles. The Morgan fingerprint density at radius 1 is 1.15 bits per heavy atom. The van der Waals surface area contributed by atoms with Crippen molar-refractivity contribution in [3.8, 4) is 11.5 Å². The molecule has 0 saturated carbocycles. The van der Waals surface area contributed by atoms with Crippen LogP contribution >= 0.6 is 15.9 Å². The molecule has 0 aliphatic carbocycles. The van der Waals surface area contributed by atoms with Crippen LogP contribution in [-0.4, -0.2) is 18.3 Å². The maximum atomic E-state index is 10.4. The SMILES string of the molecule is CCOc1ccc(C(O)c2ccoc2Br)cc1OCC. The van der Waals surface area contributed by atoms with Crippen LogP contribution < -0.4 is 9.47 Å². The van der Waals surface area contributed by atoms with Crippen molar-refractivity contribution in [2.75, 3.05) is 13.2 Å². The van der Waals surface area contributed by atoms with E-state index in [1.165, 1.54) is 6.26 Å². The minimum atomic E-state index is -0.780. The minimum absolute atomic E-state index is 0.525. The van der Waals surface area contributed by atoms with Crippen LogP contribution in [-0.2, 0) is 0 Å². The molecule has 2 aromatic rings. The van der Waals surface area contributed by atoms with Gasteiger partial charge in [0.1, 0.15) is 6.10 Å². The van der Waals surface area contributed by atoms with Gasteiger partial charge in [0.25, 0.3) is 0 Å². The molecule has 0 amide bonds. The van der Waals surface area contributed by atoms with Gasteiger partial charge < -0.3 is 19.0 Å². The summed E-state index contributed by atoms with van der Waals surface area (Å²) in [7, 11) is 0. The fourth-order valence-corrected chi connectivity index (χ4v) is 2.37. The van der Waals surface area contributed by atoms with Gasteiger partial charge in [-0.3, -0.25) is 0 Å². The summed E-state index contributed by atoms with van der Waals surface area (Å²) in [6, 6.07) is 7.14. The van der Waals surface area contributed by atoms with Crippen molar-refractivity contribution in [2.45, 2.75) is 20.0 Å². The van der Waals surface area contributed by atoms with E-state index in [0.29, 0.717) is 34.9 Å². The predicted octanol–water partition coefficient (Wildman–Crippen LogP) is 3.92. The molecule has 1 N–H and O–H groups in total. The van der Waals surface area contributed by atoms with E-state index in [1.807, 2.05) is 19.9 Å². The second-order valence-corrected chi connectivity index (χ2v) is 4.84. The van der Waals surface area contributed by atoms with Gasteiger partial charge in [0.2, 0.25) is 0 Å². The molecule has 0 bridgehead atoms. The van der Waals surface area contributed by atoms with Gasteiger partial charge in [-0.2, -0.15) is 0 Å². The van der Waals surface area contributed by atoms with Crippen molar-refractivity contribution >= 4 is 15.9 Å². The van der Waals surface area contributed by atoms with E-state index in [9.17, 15) is 5.11 Å². The van der Waals surface area contributed by atoms with Gasteiger partial charge in [0.05, 0.1) is 19.5 Å². The van der Waals surface area contributed by atoms with Gasteiger partial charge in [0.15, 0.2) is 16.2 Å². The average Bonchev–Trinajstić information content (AvgIpc) is 2.86. The second kappa shape index (κ2) is 6.81. The van der Waals surface area contributed by atoms with Crippen LogP contribution in [0.3, 0.4) is 0 Å². The number of rotatable bonds is 6. The van der Waals surface area contributed by atoms with Crippen molar-refractivity contribution in [2.24, 2.45) is 0 Å². The zero-order valence-corrected chi connectivity index (χ0v) is 13.0. The largest absolute Gasteiger partial charge is 0.490 e. The van der Waals surface area contributed by atoms with E-state index >= 15 is 0 Å². The quantitative estimate of drug-likeness (QED) is 0.865. The molecule has 0 saturated heterocycles. The van der Waals surface area contributed by atoms with E-state index in [-0.39, 0.29) is 0 Å². The molecule has 4 nitrogen and oxygen atoms in total. The molecule has 1 unspecified atom stereocenters. The lowest BCUT2D eigenvalue weighted by Crippen LogP contribution is -2.03. The highest BCUT2D eigenvalue weighted by Gasteiger charge is 2.18. The Kier molecular flexibility index (Phi) is 5.09. The Bertz CT molecular complexity index is 565. The Morgan fingerprint density at radius 3 is 2.45 bits per heavy atom. The van der Waals surface area contributed by atoms with Crippen LogP contribution in [0.1, 0.15) is 31.1 Å². The molecule has 108 valence electrons. The zero-order chi connectivity index (χ0) is 14.5. The molecular formula is C15H17BrO4. The van der Waals surface area contributed by atoms with Crippen LogP contribution in [0.4, 0.5) is 0 Å². The van der Waals surface area contributed by atoms with Crippen LogP contribution in [0.15, 0.2) is 39.6 Å². The second-order valence-electron chi connectivity index (χ2n) is 4.12. The number of hydrogen-bond acceptors (Lipinski definition) is 4. The van der Waals surface area contributed by atoms with Crippen molar-refractivity contribution < 1.29 is 19.0 Å². The smallest absolute Gasteiger partial charge is 0.175 e. The lowest BCUT2D eigenvalue weighted by molar-refractivity contribution is 0.216. The molecule has 0 aliphatic rings. The third-order valence-corrected chi connectivity index (χ3v) is 3.47. The lowest BCUT2D eigenvalue weighted by Gasteiger charge is -2.15. The van der Waals surface area contributed by atoms with Crippen LogP contribution in [0.2, 0.25) is 0 Å². The fourth-order valence-electron chi connectivity index (χ4n) is 1.92. The standard InChI is InChI=1S/C15H17BrO4/c1-3-18-12-6-5-10(9-13(12)19-4-2)14(17)11-7-8-20-15(11)16/h5-9,14,17H,3-4H2,1-2H3. The maximum Gasteiger partial charge on any atom is 0.175 e. The summed E-state index contributed by atoms with van der Waals surface area (Å²) in [6.45, 7) is 4.93. The first-order valence-electron chi connectivity index (χ1n) is 6.47. The Balaban J connectivity index is 2.32. The molecule has 0 radical (unpaired) electrons. The summed E-state index contributed by atoms with van der Waals surface area (Å²) in [5, 5.41) is 10.4. The van der Waals surface area contributed by atoms with Crippen molar-refractivity contribution in [3.05, 3.63) is 46.3 Å². The number of hydrogen-bond donors (Lipinski definition) is 1. The highest BCUT2D eigenvalue weighted by molar-refractivity contribution is 9.10. The fraction of sp³-hybridized carbons (Fsp3) is 0.333. The summed E-state index contributed by atoms with van der Waals surface area (Å²) in [4.78, 5) is 0. The van der Waals surface area contributed by atoms with Crippen LogP contribution in [0.25, 0.3) is 0 Å². The van der Waals surface area contributed by atoms with E-state index in [4.69, 9.17) is 13.9 Å². The number of aliphatic hydroxyl groups is 1. The highest BCUT2D eigenvalue weighted by atomic mass is 79.9. The van der Waals surface area contributed by atoms with Crippen LogP contribution in [0, 0.1) is 0 Å². The molecule has 1 heterocycles. The summed E-state index contributed by atoms with van der Waals surface area (Å²) in [5.74, 6) is 1.31. The van der Waals surface area contributed by atoms with Crippen molar-refractivity contribution in [1.29, 1.82) is 0 Å². The van der Waals surface area contributed by atoms with E-state index in [2.05, 4.69) is 15.9 Å². The van der Waals surface area contributed by atoms with E-state index in [1.54, 1.807) is 18.2 Å². The number of aliphatic hydroxyl groups excluding tert-OH is 1. The number of benzene rings is 1. The molecule has 1 aromatic heterocycles. The van der Waals surface area contributed by atoms with Gasteiger partial charge in [-0.1, -0.05) is 6.07 Å². The molecule has 1 atom stereocenters. The Hall–Kier alpha value is -1.46. The Morgan fingerprint density at radius 2 is 1.85 bits per heavy atom. The minimum Gasteiger partial charge on any atom is -0.490 e. The normalized spacial score (nSPS) is 12.2. The van der Waals surface area contributed by atoms with E-state index < -0.39 is 6.10 Å². The molecule has 0 fully saturated rings. The molecular weight excluding hydrogens is 324 g/mol. The molecule has 5 heteroatoms. The monoisotopic (exact) mass is 340 g/mol. The predicted molar refractivity (Wildman–Crippen MR) is 79.2 cm³/mol. The third-order valence-electron chi connectivity index (χ3n) is 2.82. The maximum absolute atomic E-state index is 10.4. The lowest BCUT2D eigenvalue weighted by atomic mass is 10.0. The molecule has 20 heavy (non-hydrogen) atoms. The number of ether oxygens (including phenoxy) is 2. The van der Waals surface area contributed by atoms with E-state index in [0.717, 1.165) is 5.56 Å². The van der Waals surface area contributed by atoms with Crippen molar-refractivity contribution in [1.82, 2.24) is 0 Å². The topological polar surface area (TPSA) is 51.8 Å². The molecule has 1 aromatic carbocycles. The highest BCUT2D eigenvalue weighted by Crippen LogP contribution is 2.35. The van der Waals surface area contributed by atoms with Crippen molar-refractivity contribution in [3.63, 3.8) is 0 Å². The van der Waals surface area contributed by atoms with Gasteiger partial charge >= 0.3 is 0 Å². The Labute approximate surface area is 126 Å². The zero-order valence-electron chi connectivity index (χ0n) is 11.4. The van der Waals surface area contributed by atoms with Crippen LogP contribution in [0.5, 0.6) is 11.5 Å². The number of halogens is 1. The first-order chi connectivity index (χ1) is 9.67. The number of furan rings is 1. The summed E-state index contributed by atoms with van der Waals surface area (Å²) >= 11 is 3.27. The first-order valence-corrected chi connectivity index (χ1v) is 7.27. The molecule has 2 rings (SSSR count). The summed E-state index contributed by atoms with van der Waals surface area (Å²) in [5.41, 5.74) is 1.40. The molecule has 0 spiro atoms. The first kappa shape index (κ1) is 14.9.